The summed E-state index contributed by atoms with van der Waals surface area (Å²) in [6, 6.07) is 0. The molecule has 22 unspecified atom stereocenters. The number of allylic oxidation sites excluding steroid dienone is 10. The van der Waals surface area contributed by atoms with Crippen LogP contribution in [-0.4, -0.2) is 235 Å². The first-order valence-corrected chi connectivity index (χ1v) is 30.4. The molecule has 0 amide bonds. The summed E-state index contributed by atoms with van der Waals surface area (Å²) in [6.07, 6.45) is -3.24. The van der Waals surface area contributed by atoms with Crippen LogP contribution in [0.1, 0.15) is 123 Å². The lowest BCUT2D eigenvalue weighted by Crippen LogP contribution is -2.59. The molecule has 18 N–H and O–H groups in total. The first kappa shape index (κ1) is 76.9. The Bertz CT molecular complexity index is 2170. The average molecular weight is 1220 g/mol. The zero-order valence-electron chi connectivity index (χ0n) is 48.4. The summed E-state index contributed by atoms with van der Waals surface area (Å²) < 4.78 is 45.5. The van der Waals surface area contributed by atoms with E-state index < -0.39 is 145 Å². The molecule has 84 heavy (non-hydrogen) atoms. The lowest BCUT2D eigenvalue weighted by atomic mass is 9.86. The Balaban J connectivity index is 1.84. The maximum atomic E-state index is 11.2. The van der Waals surface area contributed by atoms with Crippen molar-refractivity contribution in [1.29, 1.82) is 0 Å². The molecule has 2 fully saturated rings. The van der Waals surface area contributed by atoms with Crippen molar-refractivity contribution >= 4 is 10.4 Å². The molecule has 0 radical (unpaired) electrons. The van der Waals surface area contributed by atoms with Crippen molar-refractivity contribution in [3.8, 4) is 0 Å². The number of hydrogen-bond acceptors (Lipinski definition) is 22. The summed E-state index contributed by atoms with van der Waals surface area (Å²) in [6.45, 7) is 10.4. The molecule has 2 saturated heterocycles. The molecular weight excluding hydrogens is 1120 g/mol. The Hall–Kier alpha value is -3.23. The largest absolute Gasteiger partial charge is 0.397 e. The molecule has 0 aliphatic carbocycles. The lowest BCUT2D eigenvalue weighted by Gasteiger charge is -2.42. The van der Waals surface area contributed by atoms with Crippen LogP contribution in [0.5, 0.6) is 0 Å². The Morgan fingerprint density at radius 3 is 1.79 bits per heavy atom. The van der Waals surface area contributed by atoms with Crippen molar-refractivity contribution in [2.75, 3.05) is 6.61 Å². The molecule has 2 rings (SSSR count). The molecule has 24 heteroatoms. The fourth-order valence-corrected chi connectivity index (χ4v) is 9.92. The topological polar surface area (TPSA) is 426 Å². The minimum absolute atomic E-state index is 0.000684. The van der Waals surface area contributed by atoms with Gasteiger partial charge in [-0.3, -0.25) is 4.55 Å². The van der Waals surface area contributed by atoms with E-state index in [4.69, 9.17) is 14.0 Å². The molecule has 0 bridgehead atoms. The molecule has 2 heterocycles. The third kappa shape index (κ3) is 29.2. The van der Waals surface area contributed by atoms with Crippen molar-refractivity contribution in [3.05, 3.63) is 109 Å². The van der Waals surface area contributed by atoms with Crippen LogP contribution in [0.15, 0.2) is 109 Å². The van der Waals surface area contributed by atoms with Crippen LogP contribution in [0.25, 0.3) is 0 Å². The van der Waals surface area contributed by atoms with Crippen LogP contribution < -0.4 is 0 Å². The summed E-state index contributed by atoms with van der Waals surface area (Å²) in [5.41, 5.74) is 0.448. The van der Waals surface area contributed by atoms with Crippen molar-refractivity contribution < 1.29 is 113 Å². The smallest absolute Gasteiger partial charge is 0.393 e. The van der Waals surface area contributed by atoms with Crippen LogP contribution in [0.2, 0.25) is 0 Å². The highest BCUT2D eigenvalue weighted by Crippen LogP contribution is 2.32. The average Bonchev–Trinajstić information content (AvgIpc) is 3.20. The highest BCUT2D eigenvalue weighted by atomic mass is 32.3. The highest BCUT2D eigenvalue weighted by Gasteiger charge is 2.47. The summed E-state index contributed by atoms with van der Waals surface area (Å²) in [7, 11) is -4.46. The quantitative estimate of drug-likeness (QED) is 0.0174. The number of ether oxygens (including phenoxy) is 2. The van der Waals surface area contributed by atoms with Gasteiger partial charge in [-0.15, -0.1) is 6.58 Å². The van der Waals surface area contributed by atoms with Crippen molar-refractivity contribution in [3.63, 3.8) is 0 Å². The Morgan fingerprint density at radius 2 is 1.17 bits per heavy atom. The van der Waals surface area contributed by atoms with E-state index in [0.29, 0.717) is 44.1 Å². The highest BCUT2D eigenvalue weighted by molar-refractivity contribution is 7.80. The number of aliphatic hydroxyl groups excluding tert-OH is 17. The van der Waals surface area contributed by atoms with Gasteiger partial charge < -0.3 is 96.3 Å². The summed E-state index contributed by atoms with van der Waals surface area (Å²) in [4.78, 5) is 0. The number of aliphatic hydroxyl groups is 17. The van der Waals surface area contributed by atoms with Gasteiger partial charge in [0, 0.05) is 25.2 Å². The SMILES string of the molecule is C=CCC/C=C/C=C/C=C/CC/C=C/C(O)C(O)C1OC(C(O)C(O)C(=C)CCC(O)C2CC(O)C(O)C(C(O)C(O)/C=C(\C)CCC(O)CC(O)C(O)C(C)C(O)C(O)C/C=C/CC(O)/C=C/CCCCCOS(=O)(=O)O)O2)CC(O)C1O. The minimum atomic E-state index is -4.46. The normalized spacial score (nSPS) is 27.5. The van der Waals surface area contributed by atoms with Gasteiger partial charge in [0.2, 0.25) is 0 Å². The molecule has 0 saturated carbocycles. The molecule has 0 spiro atoms. The molecule has 0 aromatic heterocycles. The molecule has 484 valence electrons. The second-order valence-electron chi connectivity index (χ2n) is 22.1. The van der Waals surface area contributed by atoms with Crippen LogP contribution >= 0.6 is 0 Å². The summed E-state index contributed by atoms with van der Waals surface area (Å²) >= 11 is 0. The van der Waals surface area contributed by atoms with E-state index >= 15 is 0 Å². The monoisotopic (exact) mass is 1220 g/mol. The summed E-state index contributed by atoms with van der Waals surface area (Å²) in [5, 5.41) is 184. The van der Waals surface area contributed by atoms with Gasteiger partial charge in [0.25, 0.3) is 0 Å². The maximum absolute atomic E-state index is 11.2. The van der Waals surface area contributed by atoms with Crippen molar-refractivity contribution in [2.24, 2.45) is 5.92 Å². The van der Waals surface area contributed by atoms with E-state index in [-0.39, 0.29) is 70.0 Å². The third-order valence-corrected chi connectivity index (χ3v) is 15.4. The zero-order valence-corrected chi connectivity index (χ0v) is 49.2. The van der Waals surface area contributed by atoms with Gasteiger partial charge in [0.05, 0.1) is 73.8 Å². The van der Waals surface area contributed by atoms with Crippen molar-refractivity contribution in [2.45, 2.75) is 251 Å². The van der Waals surface area contributed by atoms with Gasteiger partial charge >= 0.3 is 10.4 Å². The van der Waals surface area contributed by atoms with E-state index in [1.165, 1.54) is 19.1 Å². The molecule has 2 aliphatic heterocycles. The Morgan fingerprint density at radius 1 is 0.619 bits per heavy atom. The van der Waals surface area contributed by atoms with Crippen molar-refractivity contribution in [1.82, 2.24) is 0 Å². The zero-order chi connectivity index (χ0) is 63.1. The van der Waals surface area contributed by atoms with Gasteiger partial charge in [-0.1, -0.05) is 111 Å². The molecular formula is C60H100O23S. The first-order chi connectivity index (χ1) is 39.6. The number of hydrogen-bond donors (Lipinski definition) is 18. The number of rotatable bonds is 42. The van der Waals surface area contributed by atoms with E-state index in [9.17, 15) is 95.2 Å². The molecule has 0 aromatic rings. The van der Waals surface area contributed by atoms with E-state index in [0.717, 1.165) is 12.8 Å². The first-order valence-electron chi connectivity index (χ1n) is 29.0. The second-order valence-corrected chi connectivity index (χ2v) is 23.2. The second kappa shape index (κ2) is 41.1. The van der Waals surface area contributed by atoms with Gasteiger partial charge in [-0.05, 0) is 96.0 Å². The number of unbranched alkanes of at least 4 members (excludes halogenated alkanes) is 5. The molecule has 0 aromatic carbocycles. The van der Waals surface area contributed by atoms with Crippen LogP contribution in [0.4, 0.5) is 0 Å². The van der Waals surface area contributed by atoms with Gasteiger partial charge in [-0.25, -0.2) is 4.18 Å². The predicted molar refractivity (Wildman–Crippen MR) is 313 cm³/mol. The van der Waals surface area contributed by atoms with Crippen LogP contribution in [0, 0.1) is 5.92 Å². The van der Waals surface area contributed by atoms with Crippen LogP contribution in [0.3, 0.4) is 0 Å². The van der Waals surface area contributed by atoms with Gasteiger partial charge in [0.15, 0.2) is 0 Å². The third-order valence-electron chi connectivity index (χ3n) is 15.0. The minimum Gasteiger partial charge on any atom is -0.393 e. The molecule has 2 aliphatic rings. The van der Waals surface area contributed by atoms with E-state index in [2.05, 4.69) is 17.3 Å². The summed E-state index contributed by atoms with van der Waals surface area (Å²) in [5.74, 6) is -1.04. The molecule has 22 atom stereocenters. The van der Waals surface area contributed by atoms with E-state index in [1.54, 1.807) is 37.3 Å². The van der Waals surface area contributed by atoms with Crippen LogP contribution in [-0.2, 0) is 24.1 Å². The molecule has 23 nitrogen and oxygen atoms in total. The van der Waals surface area contributed by atoms with Gasteiger partial charge in [0.1, 0.15) is 61.0 Å². The lowest BCUT2D eigenvalue weighted by molar-refractivity contribution is -0.234. The Kier molecular flexibility index (Phi) is 37.6. The van der Waals surface area contributed by atoms with E-state index in [1.807, 2.05) is 42.5 Å². The van der Waals surface area contributed by atoms with Gasteiger partial charge in [-0.2, -0.15) is 8.42 Å². The predicted octanol–water partition coefficient (Wildman–Crippen LogP) is 0.769. The Labute approximate surface area is 495 Å². The standard InChI is InChI=1S/C60H100O23S/c1-5-6-7-8-9-10-11-12-13-14-17-20-26-44(65)54(73)59-57(76)48(69)36-50(83-59)58(77)51(70)38(3)29-31-42(63)49-35-47(68)56(75)60(82-49)55(74)45(66)33-37(2)28-30-41(62)34-46(67)53(72)39(4)52(71)43(64)27-22-21-25-40(61)24-19-16-15-18-23-32-81-84(78,79)80/h5,8-13,19-22,24,26,33,39-77H,1,3,6-7,14-18,23,25,27-32,34-36H2,2,4H3,(H,78,79,80)/b9-8+,11-10+,13-12+,22-21+,24-19+,26-20+,37-33+. The fourth-order valence-electron chi connectivity index (χ4n) is 9.59. The fraction of sp³-hybridized carbons (Fsp3) is 0.700. The maximum Gasteiger partial charge on any atom is 0.397 e.